The summed E-state index contributed by atoms with van der Waals surface area (Å²) < 4.78 is 0. The van der Waals surface area contributed by atoms with Gasteiger partial charge >= 0.3 is 0 Å². The van der Waals surface area contributed by atoms with Gasteiger partial charge in [-0.15, -0.1) is 11.3 Å². The van der Waals surface area contributed by atoms with E-state index in [1.54, 1.807) is 0 Å². The molecule has 0 aliphatic carbocycles. The van der Waals surface area contributed by atoms with E-state index in [2.05, 4.69) is 43.2 Å². The van der Waals surface area contributed by atoms with E-state index in [0.717, 1.165) is 19.0 Å². The molecule has 16 heavy (non-hydrogen) atoms. The fraction of sp³-hybridized carbons (Fsp3) is 0.692. The lowest BCUT2D eigenvalue weighted by Crippen LogP contribution is -2.30. The molecule has 0 radical (unpaired) electrons. The van der Waals surface area contributed by atoms with Crippen molar-refractivity contribution >= 4 is 11.3 Å². The smallest absolute Gasteiger partial charge is 0.0302 e. The van der Waals surface area contributed by atoms with Crippen LogP contribution in [0.1, 0.15) is 30.0 Å². The molecule has 1 aromatic heterocycles. The van der Waals surface area contributed by atoms with Crippen LogP contribution >= 0.6 is 11.3 Å². The molecule has 2 heterocycles. The first-order valence-corrected chi connectivity index (χ1v) is 7.02. The Morgan fingerprint density at radius 1 is 1.44 bits per heavy atom. The van der Waals surface area contributed by atoms with Gasteiger partial charge in [0, 0.05) is 34.9 Å². The number of rotatable bonds is 4. The van der Waals surface area contributed by atoms with E-state index in [4.69, 9.17) is 0 Å². The molecule has 90 valence electrons. The molecule has 1 saturated heterocycles. The third-order valence-corrected chi connectivity index (χ3v) is 4.75. The molecule has 2 nitrogen and oxygen atoms in total. The number of nitrogens with one attached hydrogen (secondary N) is 1. The highest BCUT2D eigenvalue weighted by atomic mass is 32.1. The van der Waals surface area contributed by atoms with Crippen LogP contribution in [-0.4, -0.2) is 30.6 Å². The van der Waals surface area contributed by atoms with Gasteiger partial charge in [-0.1, -0.05) is 6.92 Å². The average Bonchev–Trinajstić information content (AvgIpc) is 2.84. The molecule has 0 aromatic carbocycles. The van der Waals surface area contributed by atoms with E-state index in [1.165, 1.54) is 22.7 Å². The largest absolute Gasteiger partial charge is 0.308 e. The molecule has 0 bridgehead atoms. The van der Waals surface area contributed by atoms with E-state index >= 15 is 0 Å². The highest BCUT2D eigenvalue weighted by Crippen LogP contribution is 2.19. The second-order valence-corrected chi connectivity index (χ2v) is 6.08. The average molecular weight is 238 g/mol. The van der Waals surface area contributed by atoms with Crippen molar-refractivity contribution in [2.75, 3.05) is 13.6 Å². The van der Waals surface area contributed by atoms with Gasteiger partial charge in [0.2, 0.25) is 0 Å². The summed E-state index contributed by atoms with van der Waals surface area (Å²) in [6.07, 6.45) is 2.44. The van der Waals surface area contributed by atoms with Gasteiger partial charge in [-0.3, -0.25) is 0 Å². The van der Waals surface area contributed by atoms with Crippen molar-refractivity contribution < 1.29 is 0 Å². The van der Waals surface area contributed by atoms with Gasteiger partial charge in [-0.25, -0.2) is 0 Å². The molecule has 1 aliphatic heterocycles. The Kier molecular flexibility index (Phi) is 4.00. The Bertz CT molecular complexity index is 324. The predicted molar refractivity (Wildman–Crippen MR) is 71.0 cm³/mol. The first kappa shape index (κ1) is 12.1. The van der Waals surface area contributed by atoms with Gasteiger partial charge in [0.05, 0.1) is 0 Å². The van der Waals surface area contributed by atoms with Crippen LogP contribution in [0.3, 0.4) is 0 Å². The van der Waals surface area contributed by atoms with Crippen molar-refractivity contribution in [3.05, 3.63) is 21.9 Å². The molecule has 2 atom stereocenters. The molecule has 1 aromatic rings. The lowest BCUT2D eigenvalue weighted by Gasteiger charge is -2.12. The maximum Gasteiger partial charge on any atom is 0.0302 e. The zero-order chi connectivity index (χ0) is 11.5. The minimum Gasteiger partial charge on any atom is -0.308 e. The zero-order valence-electron chi connectivity index (χ0n) is 10.5. The number of likely N-dealkylation sites (tertiary alicyclic amines) is 1. The second-order valence-electron chi connectivity index (χ2n) is 4.82. The van der Waals surface area contributed by atoms with Crippen LogP contribution in [0.2, 0.25) is 0 Å². The topological polar surface area (TPSA) is 15.3 Å². The molecule has 3 heteroatoms. The van der Waals surface area contributed by atoms with Gasteiger partial charge in [-0.05, 0) is 38.9 Å². The van der Waals surface area contributed by atoms with Gasteiger partial charge in [0.15, 0.2) is 0 Å². The Morgan fingerprint density at radius 3 is 2.75 bits per heavy atom. The van der Waals surface area contributed by atoms with E-state index in [1.807, 2.05) is 11.3 Å². The number of hydrogen-bond donors (Lipinski definition) is 1. The van der Waals surface area contributed by atoms with Crippen molar-refractivity contribution in [2.24, 2.45) is 0 Å². The van der Waals surface area contributed by atoms with Crippen LogP contribution in [0.15, 0.2) is 12.1 Å². The van der Waals surface area contributed by atoms with Crippen LogP contribution in [0.4, 0.5) is 0 Å². The summed E-state index contributed by atoms with van der Waals surface area (Å²) in [5.74, 6) is 0. The minimum atomic E-state index is 0.673. The maximum absolute atomic E-state index is 3.66. The highest BCUT2D eigenvalue weighted by molar-refractivity contribution is 7.11. The first-order valence-electron chi connectivity index (χ1n) is 6.20. The van der Waals surface area contributed by atoms with Crippen molar-refractivity contribution in [3.8, 4) is 0 Å². The van der Waals surface area contributed by atoms with Crippen molar-refractivity contribution in [1.29, 1.82) is 0 Å². The standard InChI is InChI=1S/C13H22N2S/c1-4-12-5-6-13(16-12)8-14-11-7-10(2)15(3)9-11/h5-6,10-11,14H,4,7-9H2,1-3H3. The quantitative estimate of drug-likeness (QED) is 0.867. The Hall–Kier alpha value is -0.380. The molecule has 0 saturated carbocycles. The van der Waals surface area contributed by atoms with Crippen LogP contribution in [0, 0.1) is 0 Å². The predicted octanol–water partition coefficient (Wildman–Crippen LogP) is 2.49. The van der Waals surface area contributed by atoms with Crippen LogP contribution in [0.5, 0.6) is 0 Å². The summed E-state index contributed by atoms with van der Waals surface area (Å²) in [5.41, 5.74) is 0. The van der Waals surface area contributed by atoms with Gasteiger partial charge in [-0.2, -0.15) is 0 Å². The number of thiophene rings is 1. The Morgan fingerprint density at radius 2 is 2.19 bits per heavy atom. The normalized spacial score (nSPS) is 26.4. The number of aryl methyl sites for hydroxylation is 1. The summed E-state index contributed by atoms with van der Waals surface area (Å²) >= 11 is 1.94. The second kappa shape index (κ2) is 5.30. The number of hydrogen-bond acceptors (Lipinski definition) is 3. The Labute approximate surface area is 103 Å². The van der Waals surface area contributed by atoms with E-state index < -0.39 is 0 Å². The monoisotopic (exact) mass is 238 g/mol. The zero-order valence-corrected chi connectivity index (χ0v) is 11.3. The fourth-order valence-corrected chi connectivity index (χ4v) is 3.20. The van der Waals surface area contributed by atoms with Crippen LogP contribution < -0.4 is 5.32 Å². The lowest BCUT2D eigenvalue weighted by atomic mass is 10.2. The van der Waals surface area contributed by atoms with Crippen molar-refractivity contribution in [3.63, 3.8) is 0 Å². The lowest BCUT2D eigenvalue weighted by molar-refractivity contribution is 0.326. The highest BCUT2D eigenvalue weighted by Gasteiger charge is 2.25. The molecule has 0 spiro atoms. The molecular weight excluding hydrogens is 216 g/mol. The summed E-state index contributed by atoms with van der Waals surface area (Å²) in [6, 6.07) is 5.92. The summed E-state index contributed by atoms with van der Waals surface area (Å²) in [6.45, 7) is 6.75. The first-order chi connectivity index (χ1) is 7.69. The molecule has 1 N–H and O–H groups in total. The van der Waals surface area contributed by atoms with E-state index in [0.29, 0.717) is 6.04 Å². The SMILES string of the molecule is CCc1ccc(CNC2CC(C)N(C)C2)s1. The summed E-state index contributed by atoms with van der Waals surface area (Å²) in [5, 5.41) is 3.66. The molecule has 2 unspecified atom stereocenters. The third kappa shape index (κ3) is 2.84. The maximum atomic E-state index is 3.66. The molecule has 1 aliphatic rings. The summed E-state index contributed by atoms with van der Waals surface area (Å²) in [4.78, 5) is 5.40. The summed E-state index contributed by atoms with van der Waals surface area (Å²) in [7, 11) is 2.21. The van der Waals surface area contributed by atoms with Crippen molar-refractivity contribution in [1.82, 2.24) is 10.2 Å². The third-order valence-electron chi connectivity index (χ3n) is 3.52. The van der Waals surface area contributed by atoms with Gasteiger partial charge in [0.25, 0.3) is 0 Å². The molecule has 0 amide bonds. The van der Waals surface area contributed by atoms with Crippen LogP contribution in [-0.2, 0) is 13.0 Å². The minimum absolute atomic E-state index is 0.673. The van der Waals surface area contributed by atoms with Gasteiger partial charge in [0.1, 0.15) is 0 Å². The Balaban J connectivity index is 1.79. The molecular formula is C13H22N2S. The molecule has 1 fully saturated rings. The molecule has 2 rings (SSSR count). The number of nitrogens with zero attached hydrogens (tertiary/aromatic N) is 1. The fourth-order valence-electron chi connectivity index (χ4n) is 2.29. The number of likely N-dealkylation sites (N-methyl/N-ethyl adjacent to an activating group) is 1. The van der Waals surface area contributed by atoms with E-state index in [-0.39, 0.29) is 0 Å². The van der Waals surface area contributed by atoms with E-state index in [9.17, 15) is 0 Å². The van der Waals surface area contributed by atoms with Gasteiger partial charge < -0.3 is 10.2 Å². The van der Waals surface area contributed by atoms with Crippen LogP contribution in [0.25, 0.3) is 0 Å². The van der Waals surface area contributed by atoms with Crippen molar-refractivity contribution in [2.45, 2.75) is 45.3 Å².